The molecule has 10 heteroatoms. The molecule has 1 atom stereocenters. The summed E-state index contributed by atoms with van der Waals surface area (Å²) < 4.78 is 27.6. The second-order valence-corrected chi connectivity index (χ2v) is 9.18. The van der Waals surface area contributed by atoms with E-state index in [1.807, 2.05) is 28.9 Å². The Hall–Kier alpha value is -2.10. The largest absolute Gasteiger partial charge is 0.305 e. The number of fused-ring (bicyclic) bond motifs is 1. The molecule has 0 radical (unpaired) electrons. The Bertz CT molecular complexity index is 1060. The maximum absolute atomic E-state index is 11.6. The molecule has 1 saturated heterocycles. The lowest BCUT2D eigenvalue weighted by Gasteiger charge is -2.32. The smallest absolute Gasteiger partial charge is 0.229 e. The average Bonchev–Trinajstić information content (AvgIpc) is 3.19. The number of sulfonamides is 1. The molecule has 27 heavy (non-hydrogen) atoms. The Labute approximate surface area is 162 Å². The zero-order valence-electron chi connectivity index (χ0n) is 14.9. The number of aromatic amines is 1. The molecule has 1 fully saturated rings. The highest BCUT2D eigenvalue weighted by Crippen LogP contribution is 2.31. The van der Waals surface area contributed by atoms with Crippen molar-refractivity contribution in [1.82, 2.24) is 24.5 Å². The third kappa shape index (κ3) is 4.26. The van der Waals surface area contributed by atoms with Crippen molar-refractivity contribution < 1.29 is 8.42 Å². The molecule has 0 spiro atoms. The van der Waals surface area contributed by atoms with Gasteiger partial charge in [-0.15, -0.1) is 0 Å². The molecule has 4 heterocycles. The Morgan fingerprint density at radius 2 is 2.22 bits per heavy atom. The fourth-order valence-electron chi connectivity index (χ4n) is 3.65. The molecule has 8 nitrogen and oxygen atoms in total. The van der Waals surface area contributed by atoms with Crippen molar-refractivity contribution in [3.05, 3.63) is 47.1 Å². The van der Waals surface area contributed by atoms with E-state index in [0.717, 1.165) is 55.8 Å². The second-order valence-electron chi connectivity index (χ2n) is 6.99. The summed E-state index contributed by atoms with van der Waals surface area (Å²) in [5.74, 6) is 0.192. The normalized spacial score (nSPS) is 18.8. The highest BCUT2D eigenvalue weighted by molar-refractivity contribution is 7.92. The summed E-state index contributed by atoms with van der Waals surface area (Å²) in [5.41, 5.74) is 3.23. The molecule has 0 aliphatic carbocycles. The Balaban J connectivity index is 1.49. The van der Waals surface area contributed by atoms with Crippen LogP contribution in [0, 0.1) is 0 Å². The van der Waals surface area contributed by atoms with E-state index in [-0.39, 0.29) is 5.92 Å². The van der Waals surface area contributed by atoms with Gasteiger partial charge in [0.2, 0.25) is 10.0 Å². The number of rotatable bonds is 5. The maximum atomic E-state index is 11.6. The van der Waals surface area contributed by atoms with Gasteiger partial charge in [0.15, 0.2) is 0 Å². The Morgan fingerprint density at radius 3 is 3.04 bits per heavy atom. The van der Waals surface area contributed by atoms with Crippen LogP contribution in [0.25, 0.3) is 5.65 Å². The number of likely N-dealkylation sites (tertiary alicyclic amines) is 1. The number of aromatic nitrogens is 4. The lowest BCUT2D eigenvalue weighted by Crippen LogP contribution is -2.34. The number of nitrogens with zero attached hydrogens (tertiary/aromatic N) is 4. The van der Waals surface area contributed by atoms with E-state index in [1.165, 1.54) is 6.20 Å². The van der Waals surface area contributed by atoms with Crippen molar-refractivity contribution in [2.45, 2.75) is 25.3 Å². The van der Waals surface area contributed by atoms with E-state index in [2.05, 4.69) is 24.8 Å². The van der Waals surface area contributed by atoms with Gasteiger partial charge in [-0.05, 0) is 31.5 Å². The van der Waals surface area contributed by atoms with Gasteiger partial charge in [0.25, 0.3) is 0 Å². The highest BCUT2D eigenvalue weighted by Gasteiger charge is 2.26. The molecule has 3 aromatic heterocycles. The molecular formula is C17H21ClN6O2S. The lowest BCUT2D eigenvalue weighted by molar-refractivity contribution is 0.197. The first-order chi connectivity index (χ1) is 12.9. The molecule has 144 valence electrons. The van der Waals surface area contributed by atoms with Gasteiger partial charge in [-0.1, -0.05) is 11.6 Å². The fraction of sp³-hybridized carbons (Fsp3) is 0.412. The first kappa shape index (κ1) is 18.3. The van der Waals surface area contributed by atoms with Crippen molar-refractivity contribution in [2.24, 2.45) is 0 Å². The molecule has 0 bridgehead atoms. The first-order valence-electron chi connectivity index (χ1n) is 8.74. The van der Waals surface area contributed by atoms with Crippen LogP contribution in [-0.2, 0) is 16.6 Å². The van der Waals surface area contributed by atoms with E-state index < -0.39 is 10.0 Å². The number of anilines is 1. The van der Waals surface area contributed by atoms with E-state index >= 15 is 0 Å². The van der Waals surface area contributed by atoms with Crippen molar-refractivity contribution in [3.8, 4) is 0 Å². The van der Waals surface area contributed by atoms with Crippen LogP contribution < -0.4 is 4.72 Å². The number of nitrogens with one attached hydrogen (secondary N) is 2. The van der Waals surface area contributed by atoms with Crippen LogP contribution >= 0.6 is 11.6 Å². The molecule has 1 aliphatic rings. The molecular weight excluding hydrogens is 388 g/mol. The maximum Gasteiger partial charge on any atom is 0.229 e. The predicted molar refractivity (Wildman–Crippen MR) is 105 cm³/mol. The second kappa shape index (κ2) is 7.14. The summed E-state index contributed by atoms with van der Waals surface area (Å²) in [5, 5.41) is 7.68. The third-order valence-electron chi connectivity index (χ3n) is 4.73. The summed E-state index contributed by atoms with van der Waals surface area (Å²) in [6.07, 6.45) is 8.53. The molecule has 1 aliphatic heterocycles. The minimum atomic E-state index is -3.34. The molecule has 0 saturated carbocycles. The van der Waals surface area contributed by atoms with Gasteiger partial charge in [-0.2, -0.15) is 5.10 Å². The zero-order chi connectivity index (χ0) is 19.0. The summed E-state index contributed by atoms with van der Waals surface area (Å²) in [6, 6.07) is 3.73. The Morgan fingerprint density at radius 1 is 1.37 bits per heavy atom. The topological polar surface area (TPSA) is 95.4 Å². The first-order valence-corrected chi connectivity index (χ1v) is 11.0. The predicted octanol–water partition coefficient (Wildman–Crippen LogP) is 2.46. The molecule has 2 N–H and O–H groups in total. The Kier molecular flexibility index (Phi) is 4.83. The van der Waals surface area contributed by atoms with Gasteiger partial charge in [0.1, 0.15) is 5.65 Å². The third-order valence-corrected chi connectivity index (χ3v) is 5.54. The van der Waals surface area contributed by atoms with Crippen LogP contribution in [0.2, 0.25) is 5.02 Å². The van der Waals surface area contributed by atoms with Gasteiger partial charge in [0, 0.05) is 31.4 Å². The minimum Gasteiger partial charge on any atom is -0.305 e. The number of imidazole rings is 1. The van der Waals surface area contributed by atoms with Crippen LogP contribution in [0.5, 0.6) is 0 Å². The molecule has 0 unspecified atom stereocenters. The quantitative estimate of drug-likeness (QED) is 0.676. The fourth-order valence-corrected chi connectivity index (χ4v) is 4.38. The van der Waals surface area contributed by atoms with Crippen molar-refractivity contribution >= 4 is 33.0 Å². The standard InChI is InChI=1S/C17H21ClN6O2S/c1-27(25,26)22-15-7-19-21-17(15)12-3-2-6-23(8-12)10-14-11-24-9-13(18)4-5-16(24)20-14/h4-5,7,9,11-12,22H,2-3,6,8,10H2,1H3,(H,19,21)/t12-/m0/s1. The number of pyridine rings is 1. The van der Waals surface area contributed by atoms with E-state index in [4.69, 9.17) is 11.6 Å². The summed E-state index contributed by atoms with van der Waals surface area (Å²) in [7, 11) is -3.34. The molecule has 0 amide bonds. The average molecular weight is 409 g/mol. The van der Waals surface area contributed by atoms with Crippen molar-refractivity contribution in [1.29, 1.82) is 0 Å². The summed E-state index contributed by atoms with van der Waals surface area (Å²) in [4.78, 5) is 6.99. The van der Waals surface area contributed by atoms with Gasteiger partial charge < -0.3 is 4.40 Å². The van der Waals surface area contributed by atoms with Crippen molar-refractivity contribution in [3.63, 3.8) is 0 Å². The van der Waals surface area contributed by atoms with Crippen LogP contribution in [0.15, 0.2) is 30.7 Å². The summed E-state index contributed by atoms with van der Waals surface area (Å²) >= 11 is 6.04. The van der Waals surface area contributed by atoms with Gasteiger partial charge >= 0.3 is 0 Å². The SMILES string of the molecule is CS(=O)(=O)Nc1cn[nH]c1[C@H]1CCCN(Cc2cn3cc(Cl)ccc3n2)C1. The monoisotopic (exact) mass is 408 g/mol. The number of H-pyrrole nitrogens is 1. The van der Waals surface area contributed by atoms with Crippen molar-refractivity contribution in [2.75, 3.05) is 24.1 Å². The molecule has 3 aromatic rings. The highest BCUT2D eigenvalue weighted by atomic mass is 35.5. The van der Waals surface area contributed by atoms with Crippen LogP contribution in [0.3, 0.4) is 0 Å². The van der Waals surface area contributed by atoms with E-state index in [0.29, 0.717) is 10.7 Å². The zero-order valence-corrected chi connectivity index (χ0v) is 16.5. The van der Waals surface area contributed by atoms with Gasteiger partial charge in [-0.25, -0.2) is 13.4 Å². The molecule has 4 rings (SSSR count). The lowest BCUT2D eigenvalue weighted by atomic mass is 9.94. The number of hydrogen-bond acceptors (Lipinski definition) is 5. The minimum absolute atomic E-state index is 0.192. The number of halogens is 1. The number of hydrogen-bond donors (Lipinski definition) is 2. The van der Waals surface area contributed by atoms with E-state index in [9.17, 15) is 8.42 Å². The van der Waals surface area contributed by atoms with Gasteiger partial charge in [0.05, 0.1) is 34.6 Å². The van der Waals surface area contributed by atoms with Crippen LogP contribution in [0.1, 0.15) is 30.1 Å². The summed E-state index contributed by atoms with van der Waals surface area (Å²) in [6.45, 7) is 2.53. The van der Waals surface area contributed by atoms with Crippen LogP contribution in [0.4, 0.5) is 5.69 Å². The van der Waals surface area contributed by atoms with Gasteiger partial charge in [-0.3, -0.25) is 14.7 Å². The number of piperidine rings is 1. The molecule has 0 aromatic carbocycles. The van der Waals surface area contributed by atoms with Crippen LogP contribution in [-0.4, -0.2) is 52.2 Å². The van der Waals surface area contributed by atoms with E-state index in [1.54, 1.807) is 0 Å².